The molecular weight excluding hydrogens is 362 g/mol. The first-order valence-corrected chi connectivity index (χ1v) is 3.87. The van der Waals surface area contributed by atoms with E-state index in [0.29, 0.717) is 11.7 Å². The van der Waals surface area contributed by atoms with E-state index in [9.17, 15) is 4.79 Å². The van der Waals surface area contributed by atoms with Gasteiger partial charge in [-0.15, -0.1) is 5.92 Å². The van der Waals surface area contributed by atoms with Crippen LogP contribution in [0.3, 0.4) is 0 Å². The Morgan fingerprint density at radius 2 is 2.27 bits per heavy atom. The first-order chi connectivity index (χ1) is 4.74. The SMILES string of the molecule is C[CH-]C1C[CH-]C(C(C)=O)C1.[U+2]. The summed E-state index contributed by atoms with van der Waals surface area (Å²) in [4.78, 5) is 10.9. The second-order valence-corrected chi connectivity index (χ2v) is 3.02. The summed E-state index contributed by atoms with van der Waals surface area (Å²) in [6, 6.07) is 0. The fourth-order valence-electron chi connectivity index (χ4n) is 1.46. The Morgan fingerprint density at radius 3 is 2.55 bits per heavy atom. The molecule has 0 bridgehead atoms. The van der Waals surface area contributed by atoms with Crippen molar-refractivity contribution in [2.45, 2.75) is 26.7 Å². The zero-order valence-corrected chi connectivity index (χ0v) is 11.3. The van der Waals surface area contributed by atoms with Crippen molar-refractivity contribution in [3.05, 3.63) is 12.8 Å². The van der Waals surface area contributed by atoms with E-state index in [0.717, 1.165) is 12.8 Å². The van der Waals surface area contributed by atoms with Crippen molar-refractivity contribution in [3.8, 4) is 0 Å². The molecule has 0 aliphatic heterocycles. The second-order valence-electron chi connectivity index (χ2n) is 3.02. The van der Waals surface area contributed by atoms with Gasteiger partial charge in [-0.05, 0) is 6.92 Å². The molecule has 0 saturated heterocycles. The summed E-state index contributed by atoms with van der Waals surface area (Å²) in [6.45, 7) is 3.75. The Hall–Kier alpha value is 0.722. The van der Waals surface area contributed by atoms with Gasteiger partial charge in [0.05, 0.1) is 0 Å². The molecule has 0 aromatic rings. The fraction of sp³-hybridized carbons (Fsp3) is 0.667. The standard InChI is InChI=1S/C9H14O.U/c1-3-8-4-5-9(6-8)7(2)10;/h3,5,8-9H,4,6H2,1-2H3;/q-2;+2. The van der Waals surface area contributed by atoms with Gasteiger partial charge < -0.3 is 17.6 Å². The molecular formula is C9H14OU. The van der Waals surface area contributed by atoms with Crippen molar-refractivity contribution in [2.24, 2.45) is 11.8 Å². The molecule has 0 amide bonds. The number of carbonyl (C=O) groups is 1. The molecule has 11 heavy (non-hydrogen) atoms. The maximum Gasteiger partial charge on any atom is 2.00 e. The summed E-state index contributed by atoms with van der Waals surface area (Å²) in [6.07, 6.45) is 6.49. The summed E-state index contributed by atoms with van der Waals surface area (Å²) < 4.78 is 0. The van der Waals surface area contributed by atoms with Crippen molar-refractivity contribution in [2.75, 3.05) is 0 Å². The van der Waals surface area contributed by atoms with Crippen molar-refractivity contribution in [1.29, 1.82) is 0 Å². The normalized spacial score (nSPS) is 29.6. The quantitative estimate of drug-likeness (QED) is 0.675. The van der Waals surface area contributed by atoms with E-state index in [2.05, 4.69) is 19.8 Å². The largest absolute Gasteiger partial charge is 2.00 e. The summed E-state index contributed by atoms with van der Waals surface area (Å²) in [5.74, 6) is 1.24. The van der Waals surface area contributed by atoms with Gasteiger partial charge in [-0.3, -0.25) is 0 Å². The van der Waals surface area contributed by atoms with Crippen LogP contribution in [0, 0.1) is 55.8 Å². The maximum atomic E-state index is 10.9. The zero-order valence-electron chi connectivity index (χ0n) is 7.13. The molecule has 0 spiro atoms. The van der Waals surface area contributed by atoms with E-state index < -0.39 is 0 Å². The van der Waals surface area contributed by atoms with E-state index in [1.54, 1.807) is 6.92 Å². The van der Waals surface area contributed by atoms with Crippen LogP contribution in [0.25, 0.3) is 0 Å². The summed E-state index contributed by atoms with van der Waals surface area (Å²) in [7, 11) is 0. The molecule has 0 radical (unpaired) electrons. The van der Waals surface area contributed by atoms with Crippen LogP contribution in [0.5, 0.6) is 0 Å². The molecule has 0 aromatic carbocycles. The van der Waals surface area contributed by atoms with Gasteiger partial charge in [-0.1, -0.05) is 6.42 Å². The third kappa shape index (κ3) is 3.30. The molecule has 0 aromatic heterocycles. The van der Waals surface area contributed by atoms with E-state index in [1.807, 2.05) is 0 Å². The average Bonchev–Trinajstić information content (AvgIpc) is 2.34. The van der Waals surface area contributed by atoms with Crippen LogP contribution in [0.1, 0.15) is 26.7 Å². The Balaban J connectivity index is 0.000001000. The summed E-state index contributed by atoms with van der Waals surface area (Å²) >= 11 is 0. The van der Waals surface area contributed by atoms with Gasteiger partial charge in [-0.25, -0.2) is 6.42 Å². The number of rotatable bonds is 2. The van der Waals surface area contributed by atoms with Crippen molar-refractivity contribution in [3.63, 3.8) is 0 Å². The minimum Gasteiger partial charge on any atom is -0.331 e. The third-order valence-electron chi connectivity index (χ3n) is 2.27. The molecule has 0 heterocycles. The molecule has 0 N–H and O–H groups in total. The maximum absolute atomic E-state index is 10.9. The number of Topliss-reactive ketones (excluding diaryl/α,β-unsaturated/α-hetero) is 1. The van der Waals surface area contributed by atoms with Gasteiger partial charge >= 0.3 is 31.1 Å². The van der Waals surface area contributed by atoms with Crippen LogP contribution in [0.4, 0.5) is 0 Å². The first kappa shape index (κ1) is 11.7. The van der Waals surface area contributed by atoms with Gasteiger partial charge in [0.15, 0.2) is 0 Å². The Morgan fingerprint density at radius 1 is 1.64 bits per heavy atom. The number of carbonyl (C=O) groups excluding carboxylic acids is 1. The molecule has 2 unspecified atom stereocenters. The molecule has 2 atom stereocenters. The molecule has 1 nitrogen and oxygen atoms in total. The van der Waals surface area contributed by atoms with Crippen molar-refractivity contribution >= 4 is 5.78 Å². The molecule has 2 heteroatoms. The van der Waals surface area contributed by atoms with E-state index in [4.69, 9.17) is 0 Å². The van der Waals surface area contributed by atoms with Crippen molar-refractivity contribution < 1.29 is 35.9 Å². The zero-order chi connectivity index (χ0) is 7.56. The summed E-state index contributed by atoms with van der Waals surface area (Å²) in [5, 5.41) is 0. The van der Waals surface area contributed by atoms with Crippen LogP contribution in [-0.4, -0.2) is 5.78 Å². The van der Waals surface area contributed by atoms with Crippen LogP contribution in [0.15, 0.2) is 0 Å². The second kappa shape index (κ2) is 5.38. The van der Waals surface area contributed by atoms with Crippen molar-refractivity contribution in [1.82, 2.24) is 0 Å². The van der Waals surface area contributed by atoms with Gasteiger partial charge in [0.2, 0.25) is 0 Å². The number of ketones is 1. The minimum absolute atomic E-state index is 0. The van der Waals surface area contributed by atoms with E-state index >= 15 is 0 Å². The van der Waals surface area contributed by atoms with Gasteiger partial charge in [0.1, 0.15) is 5.78 Å². The number of hydrogen-bond donors (Lipinski definition) is 0. The molecule has 60 valence electrons. The topological polar surface area (TPSA) is 17.1 Å². The van der Waals surface area contributed by atoms with Gasteiger partial charge in [0, 0.05) is 0 Å². The van der Waals surface area contributed by atoms with Crippen LogP contribution in [-0.2, 0) is 4.79 Å². The third-order valence-corrected chi connectivity index (χ3v) is 2.27. The van der Waals surface area contributed by atoms with Crippen LogP contribution < -0.4 is 0 Å². The van der Waals surface area contributed by atoms with E-state index in [1.165, 1.54) is 0 Å². The minimum atomic E-state index is 0. The molecule has 1 rings (SSSR count). The Bertz CT molecular complexity index is 134. The predicted molar refractivity (Wildman–Crippen MR) is 41.2 cm³/mol. The van der Waals surface area contributed by atoms with Crippen LogP contribution >= 0.6 is 0 Å². The number of hydrogen-bond acceptors (Lipinski definition) is 1. The molecule has 1 aliphatic rings. The molecule has 1 saturated carbocycles. The van der Waals surface area contributed by atoms with Gasteiger partial charge in [0.25, 0.3) is 0 Å². The molecule has 1 aliphatic carbocycles. The van der Waals surface area contributed by atoms with Gasteiger partial charge in [-0.2, -0.15) is 12.8 Å². The van der Waals surface area contributed by atoms with E-state index in [-0.39, 0.29) is 37.0 Å². The van der Waals surface area contributed by atoms with Crippen LogP contribution in [0.2, 0.25) is 0 Å². The monoisotopic (exact) mass is 376 g/mol. The smallest absolute Gasteiger partial charge is 0.331 e. The first-order valence-electron chi connectivity index (χ1n) is 3.87. The Labute approximate surface area is 92.7 Å². The summed E-state index contributed by atoms with van der Waals surface area (Å²) in [5.41, 5.74) is 0. The Kier molecular flexibility index (Phi) is 5.74. The predicted octanol–water partition coefficient (Wildman–Crippen LogP) is 2.03. The molecule has 1 fully saturated rings. The fourth-order valence-corrected chi connectivity index (χ4v) is 1.46. The average molecular weight is 376 g/mol.